The molecule has 0 saturated carbocycles. The predicted molar refractivity (Wildman–Crippen MR) is 180 cm³/mol. The third kappa shape index (κ3) is 9.80. The molecule has 0 aromatic heterocycles. The van der Waals surface area contributed by atoms with Gasteiger partial charge in [-0.05, 0) is 85.8 Å². The number of aliphatic imine (C=N–C) groups is 2. The van der Waals surface area contributed by atoms with Gasteiger partial charge in [0.15, 0.2) is 0 Å². The first-order valence-electron chi connectivity index (χ1n) is 15.0. The van der Waals surface area contributed by atoms with Crippen LogP contribution in [0.1, 0.15) is 129 Å². The molecule has 2 aromatic carbocycles. The maximum atomic E-state index is 4.76. The Hall–Kier alpha value is -3.14. The average molecular weight is 543 g/mol. The SMILES string of the molecule is CC(/C=C(/C)Nc1c(C(C)C)cccc1C(C)C)=NCCN=C(C)/C=C(/C)Nc1c(C(C)C)cccc1C(C)C. The maximum Gasteiger partial charge on any atom is 0.0588 e. The molecule has 4 heteroatoms. The zero-order valence-corrected chi connectivity index (χ0v) is 27.2. The number of rotatable bonds is 13. The molecule has 0 bridgehead atoms. The van der Waals surface area contributed by atoms with Gasteiger partial charge in [-0.1, -0.05) is 91.8 Å². The Bertz CT molecular complexity index is 1090. The van der Waals surface area contributed by atoms with Crippen molar-refractivity contribution in [1.82, 2.24) is 0 Å². The fourth-order valence-electron chi connectivity index (χ4n) is 5.03. The summed E-state index contributed by atoms with van der Waals surface area (Å²) < 4.78 is 0. The molecule has 40 heavy (non-hydrogen) atoms. The van der Waals surface area contributed by atoms with Gasteiger partial charge in [0.05, 0.1) is 13.1 Å². The molecule has 0 unspecified atom stereocenters. The van der Waals surface area contributed by atoms with E-state index in [0.29, 0.717) is 36.8 Å². The van der Waals surface area contributed by atoms with Crippen LogP contribution in [0.25, 0.3) is 0 Å². The summed E-state index contributed by atoms with van der Waals surface area (Å²) in [5.41, 5.74) is 12.1. The Balaban J connectivity index is 2.06. The number of allylic oxidation sites excluding steroid dienone is 4. The topological polar surface area (TPSA) is 48.8 Å². The van der Waals surface area contributed by atoms with Gasteiger partial charge in [-0.25, -0.2) is 0 Å². The Morgan fingerprint density at radius 1 is 0.550 bits per heavy atom. The third-order valence-corrected chi connectivity index (χ3v) is 7.06. The fourth-order valence-corrected chi connectivity index (χ4v) is 5.03. The molecule has 0 spiro atoms. The molecule has 0 aliphatic rings. The number of benzene rings is 2. The lowest BCUT2D eigenvalue weighted by atomic mass is 9.92. The number of para-hydroxylation sites is 2. The van der Waals surface area contributed by atoms with Crippen molar-refractivity contribution in [3.63, 3.8) is 0 Å². The minimum absolute atomic E-state index is 0.458. The quantitative estimate of drug-likeness (QED) is 0.195. The maximum absolute atomic E-state index is 4.76. The molecular weight excluding hydrogens is 488 g/mol. The molecule has 2 N–H and O–H groups in total. The summed E-state index contributed by atoms with van der Waals surface area (Å²) in [5.74, 6) is 1.83. The van der Waals surface area contributed by atoms with Crippen LogP contribution >= 0.6 is 0 Å². The van der Waals surface area contributed by atoms with Crippen LogP contribution in [0.15, 0.2) is 69.9 Å². The summed E-state index contributed by atoms with van der Waals surface area (Å²) in [6, 6.07) is 13.3. The van der Waals surface area contributed by atoms with Crippen LogP contribution in [-0.2, 0) is 0 Å². The summed E-state index contributed by atoms with van der Waals surface area (Å²) >= 11 is 0. The van der Waals surface area contributed by atoms with Crippen LogP contribution in [0.2, 0.25) is 0 Å². The number of hydrogen-bond donors (Lipinski definition) is 2. The minimum Gasteiger partial charge on any atom is -0.359 e. The number of nitrogens with zero attached hydrogens (tertiary/aromatic N) is 2. The van der Waals surface area contributed by atoms with Gasteiger partial charge in [0.25, 0.3) is 0 Å². The highest BCUT2D eigenvalue weighted by molar-refractivity contribution is 5.94. The lowest BCUT2D eigenvalue weighted by Crippen LogP contribution is -2.07. The van der Waals surface area contributed by atoms with E-state index in [-0.39, 0.29) is 0 Å². The number of anilines is 2. The van der Waals surface area contributed by atoms with Crippen LogP contribution in [-0.4, -0.2) is 24.5 Å². The van der Waals surface area contributed by atoms with Crippen molar-refractivity contribution in [2.24, 2.45) is 9.98 Å². The monoisotopic (exact) mass is 542 g/mol. The van der Waals surface area contributed by atoms with E-state index < -0.39 is 0 Å². The van der Waals surface area contributed by atoms with E-state index in [1.165, 1.54) is 33.6 Å². The first-order valence-corrected chi connectivity index (χ1v) is 15.0. The van der Waals surface area contributed by atoms with Crippen LogP contribution in [0.3, 0.4) is 0 Å². The fraction of sp³-hybridized carbons (Fsp3) is 0.500. The zero-order chi connectivity index (χ0) is 30.0. The summed E-state index contributed by atoms with van der Waals surface area (Å²) in [7, 11) is 0. The minimum atomic E-state index is 0.458. The van der Waals surface area contributed by atoms with E-state index in [1.54, 1.807) is 0 Å². The van der Waals surface area contributed by atoms with E-state index in [0.717, 1.165) is 22.8 Å². The van der Waals surface area contributed by atoms with E-state index in [2.05, 4.69) is 142 Å². The first-order chi connectivity index (χ1) is 18.8. The molecule has 0 amide bonds. The highest BCUT2D eigenvalue weighted by Crippen LogP contribution is 2.34. The van der Waals surface area contributed by atoms with Gasteiger partial charge in [-0.3, -0.25) is 9.98 Å². The predicted octanol–water partition coefficient (Wildman–Crippen LogP) is 10.4. The lowest BCUT2D eigenvalue weighted by molar-refractivity contribution is 0.836. The second kappa shape index (κ2) is 15.6. The second-order valence-corrected chi connectivity index (χ2v) is 12.2. The standard InChI is InChI=1S/C36H54N4/c1-23(2)31-15-13-16-32(24(3)4)35(31)39-29(11)21-27(9)37-19-20-38-28(10)22-30(12)40-36-33(25(5)6)17-14-18-34(36)26(7)8/h13-18,21-26,39-40H,19-20H2,1-12H3/b29-21-,30-22-,37-27?,38-28?. The molecule has 0 radical (unpaired) electrons. The molecule has 0 aliphatic carbocycles. The molecule has 0 heterocycles. The van der Waals surface area contributed by atoms with Crippen molar-refractivity contribution in [1.29, 1.82) is 0 Å². The summed E-state index contributed by atoms with van der Waals surface area (Å²) in [5, 5.41) is 7.36. The van der Waals surface area contributed by atoms with Gasteiger partial charge in [0.2, 0.25) is 0 Å². The van der Waals surface area contributed by atoms with E-state index >= 15 is 0 Å². The first kappa shape index (κ1) is 33.1. The Kier molecular flexibility index (Phi) is 12.9. The van der Waals surface area contributed by atoms with E-state index in [1.807, 2.05) is 0 Å². The van der Waals surface area contributed by atoms with Crippen LogP contribution in [0, 0.1) is 0 Å². The van der Waals surface area contributed by atoms with Gasteiger partial charge >= 0.3 is 0 Å². The smallest absolute Gasteiger partial charge is 0.0588 e. The van der Waals surface area contributed by atoms with Gasteiger partial charge in [-0.2, -0.15) is 0 Å². The molecule has 0 atom stereocenters. The van der Waals surface area contributed by atoms with Gasteiger partial charge < -0.3 is 10.6 Å². The highest BCUT2D eigenvalue weighted by atomic mass is 14.9. The second-order valence-electron chi connectivity index (χ2n) is 12.2. The van der Waals surface area contributed by atoms with E-state index in [9.17, 15) is 0 Å². The van der Waals surface area contributed by atoms with Crippen molar-refractivity contribution in [3.8, 4) is 0 Å². The number of hydrogen-bond acceptors (Lipinski definition) is 4. The molecular formula is C36H54N4. The average Bonchev–Trinajstić information content (AvgIpc) is 2.86. The molecule has 2 rings (SSSR count). The van der Waals surface area contributed by atoms with Crippen LogP contribution < -0.4 is 10.6 Å². The largest absolute Gasteiger partial charge is 0.359 e. The molecule has 0 aliphatic heterocycles. The van der Waals surface area contributed by atoms with Crippen molar-refractivity contribution < 1.29 is 0 Å². The summed E-state index contributed by atoms with van der Waals surface area (Å²) in [4.78, 5) is 9.52. The van der Waals surface area contributed by atoms with Crippen molar-refractivity contribution in [2.75, 3.05) is 23.7 Å². The van der Waals surface area contributed by atoms with Crippen molar-refractivity contribution >= 4 is 22.8 Å². The molecule has 218 valence electrons. The molecule has 0 fully saturated rings. The Labute approximate surface area is 245 Å². The van der Waals surface area contributed by atoms with Gasteiger partial charge in [-0.15, -0.1) is 0 Å². The zero-order valence-electron chi connectivity index (χ0n) is 27.2. The molecule has 0 saturated heterocycles. The van der Waals surface area contributed by atoms with Crippen LogP contribution in [0.4, 0.5) is 11.4 Å². The molecule has 2 aromatic rings. The third-order valence-electron chi connectivity index (χ3n) is 7.06. The Morgan fingerprint density at radius 2 is 0.825 bits per heavy atom. The number of nitrogens with one attached hydrogen (secondary N) is 2. The normalized spacial score (nSPS) is 13.7. The van der Waals surface area contributed by atoms with Crippen molar-refractivity contribution in [3.05, 3.63) is 82.2 Å². The molecule has 4 nitrogen and oxygen atoms in total. The summed E-state index contributed by atoms with van der Waals surface area (Å²) in [6.07, 6.45) is 4.26. The Morgan fingerprint density at radius 3 is 1.07 bits per heavy atom. The lowest BCUT2D eigenvalue weighted by Gasteiger charge is -2.21. The van der Waals surface area contributed by atoms with Gasteiger partial charge in [0, 0.05) is 34.2 Å². The highest BCUT2D eigenvalue weighted by Gasteiger charge is 2.15. The summed E-state index contributed by atoms with van der Waals surface area (Å²) in [6.45, 7) is 27.7. The van der Waals surface area contributed by atoms with Gasteiger partial charge in [0.1, 0.15) is 0 Å². The van der Waals surface area contributed by atoms with E-state index in [4.69, 9.17) is 9.98 Å². The van der Waals surface area contributed by atoms with Crippen molar-refractivity contribution in [2.45, 2.75) is 107 Å². The van der Waals surface area contributed by atoms with Crippen LogP contribution in [0.5, 0.6) is 0 Å².